The molecule has 0 radical (unpaired) electrons. The molecule has 1 saturated heterocycles. The van der Waals surface area contributed by atoms with Crippen LogP contribution in [0.1, 0.15) is 51.0 Å². The summed E-state index contributed by atoms with van der Waals surface area (Å²) in [4.78, 5) is 2.67. The predicted molar refractivity (Wildman–Crippen MR) is 83.1 cm³/mol. The lowest BCUT2D eigenvalue weighted by molar-refractivity contribution is 0.434. The van der Waals surface area contributed by atoms with Gasteiger partial charge >= 0.3 is 0 Å². The largest absolute Gasteiger partial charge is 0.385 e. The van der Waals surface area contributed by atoms with Crippen LogP contribution in [0.3, 0.4) is 0 Å². The molecule has 0 aromatic heterocycles. The van der Waals surface area contributed by atoms with Crippen molar-refractivity contribution in [3.8, 4) is 0 Å². The molecule has 19 heavy (non-hydrogen) atoms. The topological polar surface area (TPSA) is 15.3 Å². The highest BCUT2D eigenvalue weighted by molar-refractivity contribution is 5.62. The average Bonchev–Trinajstić information content (AvgIpc) is 2.48. The number of nitrogens with zero attached hydrogens (tertiary/aromatic N) is 1. The number of benzene rings is 1. The molecule has 0 saturated carbocycles. The van der Waals surface area contributed by atoms with Crippen molar-refractivity contribution in [2.24, 2.45) is 0 Å². The SMILES string of the molecule is CCCC1CCCCN1c1ccc2c(c1)CCCN2. The van der Waals surface area contributed by atoms with Crippen LogP contribution < -0.4 is 10.2 Å². The number of hydrogen-bond donors (Lipinski definition) is 1. The maximum atomic E-state index is 3.51. The van der Waals surface area contributed by atoms with E-state index in [1.807, 2.05) is 0 Å². The third kappa shape index (κ3) is 2.72. The average molecular weight is 258 g/mol. The zero-order valence-electron chi connectivity index (χ0n) is 12.1. The fourth-order valence-corrected chi connectivity index (χ4v) is 3.61. The Morgan fingerprint density at radius 1 is 1.26 bits per heavy atom. The minimum Gasteiger partial charge on any atom is -0.385 e. The summed E-state index contributed by atoms with van der Waals surface area (Å²) in [6.45, 7) is 4.69. The van der Waals surface area contributed by atoms with Gasteiger partial charge in [0.1, 0.15) is 0 Å². The number of rotatable bonds is 3. The molecule has 2 heterocycles. The molecule has 0 aliphatic carbocycles. The van der Waals surface area contributed by atoms with E-state index in [2.05, 4.69) is 35.3 Å². The van der Waals surface area contributed by atoms with Crippen LogP contribution in [-0.4, -0.2) is 19.1 Å². The van der Waals surface area contributed by atoms with E-state index in [1.165, 1.54) is 68.4 Å². The molecule has 2 aliphatic heterocycles. The first-order valence-corrected chi connectivity index (χ1v) is 8.02. The third-order valence-electron chi connectivity index (χ3n) is 4.61. The zero-order valence-corrected chi connectivity index (χ0v) is 12.1. The monoisotopic (exact) mass is 258 g/mol. The van der Waals surface area contributed by atoms with Crippen LogP contribution in [0.15, 0.2) is 18.2 Å². The summed E-state index contributed by atoms with van der Waals surface area (Å²) in [7, 11) is 0. The quantitative estimate of drug-likeness (QED) is 0.874. The summed E-state index contributed by atoms with van der Waals surface area (Å²) in [5.41, 5.74) is 4.34. The molecule has 0 bridgehead atoms. The molecule has 1 atom stereocenters. The summed E-state index contributed by atoms with van der Waals surface area (Å²) in [5.74, 6) is 0. The number of anilines is 2. The van der Waals surface area contributed by atoms with E-state index in [9.17, 15) is 0 Å². The molecule has 2 heteroatoms. The molecule has 3 rings (SSSR count). The van der Waals surface area contributed by atoms with Crippen molar-refractivity contribution >= 4 is 11.4 Å². The lowest BCUT2D eigenvalue weighted by Crippen LogP contribution is -2.39. The van der Waals surface area contributed by atoms with Crippen LogP contribution in [0.4, 0.5) is 11.4 Å². The van der Waals surface area contributed by atoms with Gasteiger partial charge in [-0.25, -0.2) is 0 Å². The van der Waals surface area contributed by atoms with Gasteiger partial charge in [-0.05, 0) is 62.3 Å². The molecule has 1 fully saturated rings. The Kier molecular flexibility index (Phi) is 3.95. The molecule has 104 valence electrons. The smallest absolute Gasteiger partial charge is 0.0374 e. The minimum atomic E-state index is 0.772. The van der Waals surface area contributed by atoms with Crippen molar-refractivity contribution in [2.75, 3.05) is 23.3 Å². The Balaban J connectivity index is 1.83. The Bertz CT molecular complexity index is 425. The van der Waals surface area contributed by atoms with Crippen molar-refractivity contribution in [3.05, 3.63) is 23.8 Å². The highest BCUT2D eigenvalue weighted by Gasteiger charge is 2.22. The highest BCUT2D eigenvalue weighted by Crippen LogP contribution is 2.31. The van der Waals surface area contributed by atoms with Gasteiger partial charge in [0.15, 0.2) is 0 Å². The van der Waals surface area contributed by atoms with Gasteiger partial charge in [0.2, 0.25) is 0 Å². The normalized spacial score (nSPS) is 22.8. The second-order valence-electron chi connectivity index (χ2n) is 6.00. The van der Waals surface area contributed by atoms with Crippen molar-refractivity contribution < 1.29 is 0 Å². The molecular formula is C17H26N2. The molecular weight excluding hydrogens is 232 g/mol. The number of hydrogen-bond acceptors (Lipinski definition) is 2. The van der Waals surface area contributed by atoms with E-state index >= 15 is 0 Å². The Morgan fingerprint density at radius 2 is 2.21 bits per heavy atom. The first-order chi connectivity index (χ1) is 9.38. The summed E-state index contributed by atoms with van der Waals surface area (Å²) in [5, 5.41) is 3.51. The highest BCUT2D eigenvalue weighted by atomic mass is 15.2. The fraction of sp³-hybridized carbons (Fsp3) is 0.647. The molecule has 2 aliphatic rings. The van der Waals surface area contributed by atoms with Crippen LogP contribution in [0.25, 0.3) is 0 Å². The maximum Gasteiger partial charge on any atom is 0.0374 e. The summed E-state index contributed by atoms with van der Waals surface area (Å²) in [6, 6.07) is 7.83. The molecule has 1 unspecified atom stereocenters. The van der Waals surface area contributed by atoms with Gasteiger partial charge in [-0.3, -0.25) is 0 Å². The minimum absolute atomic E-state index is 0.772. The summed E-state index contributed by atoms with van der Waals surface area (Å²) in [6.07, 6.45) is 9.30. The number of fused-ring (bicyclic) bond motifs is 1. The third-order valence-corrected chi connectivity index (χ3v) is 4.61. The van der Waals surface area contributed by atoms with Crippen molar-refractivity contribution in [1.29, 1.82) is 0 Å². The molecule has 1 aromatic rings. The summed E-state index contributed by atoms with van der Waals surface area (Å²) >= 11 is 0. The van der Waals surface area contributed by atoms with Gasteiger partial charge in [-0.15, -0.1) is 0 Å². The number of aryl methyl sites for hydroxylation is 1. The number of piperidine rings is 1. The zero-order chi connectivity index (χ0) is 13.1. The van der Waals surface area contributed by atoms with Gasteiger partial charge < -0.3 is 10.2 Å². The van der Waals surface area contributed by atoms with Crippen LogP contribution in [0, 0.1) is 0 Å². The van der Waals surface area contributed by atoms with Gasteiger partial charge in [-0.2, -0.15) is 0 Å². The van der Waals surface area contributed by atoms with E-state index in [0.717, 1.165) is 12.6 Å². The van der Waals surface area contributed by atoms with E-state index in [4.69, 9.17) is 0 Å². The Morgan fingerprint density at radius 3 is 3.11 bits per heavy atom. The predicted octanol–water partition coefficient (Wildman–Crippen LogP) is 4.20. The van der Waals surface area contributed by atoms with Crippen molar-refractivity contribution in [1.82, 2.24) is 0 Å². The first kappa shape index (κ1) is 12.8. The lowest BCUT2D eigenvalue weighted by Gasteiger charge is -2.38. The molecule has 0 spiro atoms. The van der Waals surface area contributed by atoms with Gasteiger partial charge in [0.05, 0.1) is 0 Å². The van der Waals surface area contributed by atoms with Crippen molar-refractivity contribution in [2.45, 2.75) is 57.9 Å². The molecule has 2 nitrogen and oxygen atoms in total. The van der Waals surface area contributed by atoms with E-state index in [0.29, 0.717) is 0 Å². The lowest BCUT2D eigenvalue weighted by atomic mass is 9.96. The maximum absolute atomic E-state index is 3.51. The summed E-state index contributed by atoms with van der Waals surface area (Å²) < 4.78 is 0. The molecule has 1 N–H and O–H groups in total. The van der Waals surface area contributed by atoms with Crippen LogP contribution >= 0.6 is 0 Å². The van der Waals surface area contributed by atoms with Crippen LogP contribution in [0.5, 0.6) is 0 Å². The standard InChI is InChI=1S/C17H26N2/c1-2-6-15-8-3-4-12-19(15)16-9-10-17-14(13-16)7-5-11-18-17/h9-10,13,15,18H,2-8,11-12H2,1H3. The molecule has 0 amide bonds. The van der Waals surface area contributed by atoms with Gasteiger partial charge in [-0.1, -0.05) is 13.3 Å². The second-order valence-corrected chi connectivity index (χ2v) is 6.00. The van der Waals surface area contributed by atoms with E-state index in [-0.39, 0.29) is 0 Å². The molecule has 1 aromatic carbocycles. The Labute approximate surface area is 117 Å². The second kappa shape index (κ2) is 5.85. The fourth-order valence-electron chi connectivity index (χ4n) is 3.61. The van der Waals surface area contributed by atoms with Crippen LogP contribution in [-0.2, 0) is 6.42 Å². The first-order valence-electron chi connectivity index (χ1n) is 8.02. The Hall–Kier alpha value is -1.18. The van der Waals surface area contributed by atoms with E-state index in [1.54, 1.807) is 0 Å². The van der Waals surface area contributed by atoms with Crippen LogP contribution in [0.2, 0.25) is 0 Å². The van der Waals surface area contributed by atoms with Crippen molar-refractivity contribution in [3.63, 3.8) is 0 Å². The number of nitrogens with one attached hydrogen (secondary N) is 1. The van der Waals surface area contributed by atoms with Gasteiger partial charge in [0, 0.05) is 30.5 Å². The van der Waals surface area contributed by atoms with E-state index < -0.39 is 0 Å². The van der Waals surface area contributed by atoms with Gasteiger partial charge in [0.25, 0.3) is 0 Å².